The van der Waals surface area contributed by atoms with Gasteiger partial charge in [-0.05, 0) is 99.9 Å². The lowest BCUT2D eigenvalue weighted by Gasteiger charge is -2.39. The second kappa shape index (κ2) is 16.3. The van der Waals surface area contributed by atoms with Gasteiger partial charge in [0.15, 0.2) is 11.5 Å². The molecule has 2 unspecified atom stereocenters. The third-order valence-electron chi connectivity index (χ3n) is 10.0. The average Bonchev–Trinajstić information content (AvgIpc) is 3.94. The number of imidazole rings is 1. The molecule has 0 bridgehead atoms. The fourth-order valence-electron chi connectivity index (χ4n) is 7.45. The number of halogens is 1. The molecule has 0 saturated carbocycles. The smallest absolute Gasteiger partial charge is 0.202 e. The van der Waals surface area contributed by atoms with Crippen molar-refractivity contribution in [2.24, 2.45) is 0 Å². The van der Waals surface area contributed by atoms with Crippen LogP contribution in [0.25, 0.3) is 16.7 Å². The van der Waals surface area contributed by atoms with Gasteiger partial charge in [0.2, 0.25) is 5.95 Å². The van der Waals surface area contributed by atoms with Crippen LogP contribution in [-0.4, -0.2) is 87.8 Å². The Labute approximate surface area is 304 Å². The molecule has 2 N–H and O–H groups in total. The van der Waals surface area contributed by atoms with Crippen LogP contribution < -0.4 is 15.0 Å². The van der Waals surface area contributed by atoms with Gasteiger partial charge in [-0.25, -0.2) is 9.67 Å². The van der Waals surface area contributed by atoms with Crippen LogP contribution in [-0.2, 0) is 11.2 Å². The van der Waals surface area contributed by atoms with E-state index in [0.717, 1.165) is 90.7 Å². The Balaban J connectivity index is 1.15. The number of Topliss-reactive ketones (excluding diaryl/α,β-unsaturated/α-hetero) is 1. The molecule has 11 nitrogen and oxygen atoms in total. The zero-order valence-corrected chi connectivity index (χ0v) is 30.2. The van der Waals surface area contributed by atoms with Crippen molar-refractivity contribution in [1.29, 1.82) is 0 Å². The Morgan fingerprint density at radius 3 is 2.75 bits per heavy atom. The summed E-state index contributed by atoms with van der Waals surface area (Å²) in [6, 6.07) is 18.3. The van der Waals surface area contributed by atoms with Crippen molar-refractivity contribution in [3.8, 4) is 11.4 Å². The lowest BCUT2D eigenvalue weighted by Crippen LogP contribution is -2.45. The Hall–Kier alpha value is -4.45. The number of piperidine rings is 1. The van der Waals surface area contributed by atoms with Gasteiger partial charge in [0, 0.05) is 37.7 Å². The van der Waals surface area contributed by atoms with Crippen molar-refractivity contribution >= 4 is 40.1 Å². The number of carbonyl (C=O) groups excluding carboxylic acids is 1. The predicted molar refractivity (Wildman–Crippen MR) is 202 cm³/mol. The topological polar surface area (TPSA) is 113 Å². The molecule has 0 spiro atoms. The Kier molecular flexibility index (Phi) is 11.2. The number of nitrogens with zero attached hydrogens (tertiary/aromatic N) is 6. The molecule has 5 aromatic rings. The monoisotopic (exact) mass is 710 g/mol. The summed E-state index contributed by atoms with van der Waals surface area (Å²) in [7, 11) is 0. The largest absolute Gasteiger partial charge is 0.491 e. The van der Waals surface area contributed by atoms with E-state index in [0.29, 0.717) is 50.0 Å². The Morgan fingerprint density at radius 1 is 1.06 bits per heavy atom. The number of carbonyl (C=O) groups is 1. The standard InChI is InChI=1S/C39H47ClN8O3/c1-3-50-23-17-28-8-7-9-33-37(28)44-39(42-33)43-36-10-5-6-19-47(36)34-25-31(48-22-18-41-45-48)24-32(38(34)51-4-2)35(49)16-21-46-20-15-29(26-46)27-11-13-30(40)14-12-27/h7-9,11-14,18,22,24-25,29,36H,3-6,10,15-17,19-21,23,26H2,1-2H3,(H2,42,43,44). The van der Waals surface area contributed by atoms with Gasteiger partial charge >= 0.3 is 0 Å². The van der Waals surface area contributed by atoms with E-state index in [2.05, 4.69) is 66.8 Å². The van der Waals surface area contributed by atoms with Crippen molar-refractivity contribution in [2.75, 3.05) is 56.2 Å². The van der Waals surface area contributed by atoms with Crippen molar-refractivity contribution in [1.82, 2.24) is 29.9 Å². The molecule has 2 aliphatic rings. The van der Waals surface area contributed by atoms with Crippen LogP contribution in [0.5, 0.6) is 5.75 Å². The predicted octanol–water partition coefficient (Wildman–Crippen LogP) is 7.27. The third kappa shape index (κ3) is 8.06. The molecule has 2 saturated heterocycles. The first-order valence-corrected chi connectivity index (χ1v) is 18.7. The minimum atomic E-state index is -0.0752. The lowest BCUT2D eigenvalue weighted by molar-refractivity contribution is 0.0965. The van der Waals surface area contributed by atoms with Gasteiger partial charge in [-0.3, -0.25) is 4.79 Å². The molecule has 4 heterocycles. The molecule has 2 aliphatic heterocycles. The maximum atomic E-state index is 14.2. The van der Waals surface area contributed by atoms with Crippen LogP contribution in [0, 0.1) is 0 Å². The zero-order valence-electron chi connectivity index (χ0n) is 29.5. The molecule has 12 heteroatoms. The number of hydrogen-bond donors (Lipinski definition) is 2. The summed E-state index contributed by atoms with van der Waals surface area (Å²) >= 11 is 6.13. The second-order valence-electron chi connectivity index (χ2n) is 13.3. The number of nitrogens with one attached hydrogen (secondary N) is 2. The van der Waals surface area contributed by atoms with Gasteiger partial charge in [-0.1, -0.05) is 41.1 Å². The molecule has 0 radical (unpaired) electrons. The Bertz CT molecular complexity index is 1910. The van der Waals surface area contributed by atoms with Crippen LogP contribution in [0.4, 0.5) is 11.6 Å². The number of ether oxygens (including phenoxy) is 2. The summed E-state index contributed by atoms with van der Waals surface area (Å²) in [4.78, 5) is 27.4. The Morgan fingerprint density at radius 2 is 1.94 bits per heavy atom. The third-order valence-corrected chi connectivity index (χ3v) is 10.3. The first-order valence-electron chi connectivity index (χ1n) is 18.3. The number of aromatic nitrogens is 5. The number of H-pyrrole nitrogens is 1. The SMILES string of the molecule is CCOCCc1cccc2[nH]c(NC3CCCCN3c3cc(-n4ccnn4)cc(C(=O)CCN4CCC(c5ccc(Cl)cc5)C4)c3OCC)nc12. The number of aromatic amines is 1. The van der Waals surface area contributed by atoms with Crippen LogP contribution in [0.1, 0.15) is 73.4 Å². The minimum absolute atomic E-state index is 0.0509. The maximum absolute atomic E-state index is 14.2. The van der Waals surface area contributed by atoms with Gasteiger partial charge in [-0.15, -0.1) is 5.10 Å². The van der Waals surface area contributed by atoms with Gasteiger partial charge in [0.25, 0.3) is 0 Å². The highest BCUT2D eigenvalue weighted by Gasteiger charge is 2.30. The lowest BCUT2D eigenvalue weighted by atomic mass is 9.99. The van der Waals surface area contributed by atoms with Crippen molar-refractivity contribution in [2.45, 2.75) is 64.5 Å². The number of anilines is 2. The van der Waals surface area contributed by atoms with Crippen LogP contribution in [0.15, 0.2) is 67.0 Å². The maximum Gasteiger partial charge on any atom is 0.202 e. The number of rotatable bonds is 15. The van der Waals surface area contributed by atoms with Crippen LogP contribution in [0.2, 0.25) is 5.02 Å². The molecule has 2 atom stereocenters. The molecule has 2 fully saturated rings. The number of likely N-dealkylation sites (tertiary alicyclic amines) is 1. The number of para-hydroxylation sites is 1. The number of ketones is 1. The van der Waals surface area contributed by atoms with E-state index >= 15 is 0 Å². The molecule has 2 aromatic heterocycles. The second-order valence-corrected chi connectivity index (χ2v) is 13.8. The van der Waals surface area contributed by atoms with Gasteiger partial charge in [0.05, 0.1) is 53.6 Å². The summed E-state index contributed by atoms with van der Waals surface area (Å²) in [6.07, 6.45) is 8.63. The summed E-state index contributed by atoms with van der Waals surface area (Å²) in [5, 5.41) is 12.8. The van der Waals surface area contributed by atoms with E-state index in [9.17, 15) is 4.79 Å². The van der Waals surface area contributed by atoms with Crippen molar-refractivity contribution < 1.29 is 14.3 Å². The van der Waals surface area contributed by atoms with Gasteiger partial charge < -0.3 is 29.6 Å². The fourth-order valence-corrected chi connectivity index (χ4v) is 7.57. The fraction of sp³-hybridized carbons (Fsp3) is 0.436. The number of fused-ring (bicyclic) bond motifs is 1. The van der Waals surface area contributed by atoms with Crippen molar-refractivity contribution in [3.63, 3.8) is 0 Å². The molecule has 7 rings (SSSR count). The highest BCUT2D eigenvalue weighted by molar-refractivity contribution is 6.30. The molecule has 268 valence electrons. The van der Waals surface area contributed by atoms with Crippen LogP contribution in [0.3, 0.4) is 0 Å². The molecule has 0 amide bonds. The normalized spacial score (nSPS) is 18.1. The highest BCUT2D eigenvalue weighted by atomic mass is 35.5. The van der Waals surface area contributed by atoms with E-state index < -0.39 is 0 Å². The summed E-state index contributed by atoms with van der Waals surface area (Å²) in [6.45, 7) is 9.13. The highest BCUT2D eigenvalue weighted by Crippen LogP contribution is 2.39. The number of benzene rings is 3. The first kappa shape index (κ1) is 35.0. The van der Waals surface area contributed by atoms with E-state index in [1.165, 1.54) is 5.56 Å². The van der Waals surface area contributed by atoms with E-state index in [-0.39, 0.29) is 11.9 Å². The average molecular weight is 711 g/mol. The first-order chi connectivity index (χ1) is 25.0. The summed E-state index contributed by atoms with van der Waals surface area (Å²) in [5.74, 6) is 1.82. The van der Waals surface area contributed by atoms with E-state index in [4.69, 9.17) is 26.1 Å². The van der Waals surface area contributed by atoms with E-state index in [1.807, 2.05) is 32.0 Å². The molecule has 3 aromatic carbocycles. The van der Waals surface area contributed by atoms with Gasteiger partial charge in [-0.2, -0.15) is 0 Å². The van der Waals surface area contributed by atoms with Gasteiger partial charge in [0.1, 0.15) is 6.17 Å². The summed E-state index contributed by atoms with van der Waals surface area (Å²) < 4.78 is 13.7. The zero-order chi connectivity index (χ0) is 35.2. The molecule has 0 aliphatic carbocycles. The molecule has 51 heavy (non-hydrogen) atoms. The number of hydrogen-bond acceptors (Lipinski definition) is 9. The molecular weight excluding hydrogens is 664 g/mol. The molecular formula is C39H47ClN8O3. The minimum Gasteiger partial charge on any atom is -0.491 e. The van der Waals surface area contributed by atoms with Crippen molar-refractivity contribution in [3.05, 3.63) is 88.7 Å². The summed E-state index contributed by atoms with van der Waals surface area (Å²) in [5.41, 5.74) is 6.60. The quantitative estimate of drug-likeness (QED) is 0.0856. The van der Waals surface area contributed by atoms with E-state index in [1.54, 1.807) is 17.1 Å². The van der Waals surface area contributed by atoms with Crippen LogP contribution >= 0.6 is 11.6 Å².